The van der Waals surface area contributed by atoms with E-state index in [0.717, 1.165) is 0 Å². The van der Waals surface area contributed by atoms with Crippen LogP contribution in [0, 0.1) is 17.1 Å². The van der Waals surface area contributed by atoms with Crippen molar-refractivity contribution in [3.05, 3.63) is 53.2 Å². The summed E-state index contributed by atoms with van der Waals surface area (Å²) < 4.78 is 18.3. The molecule has 0 aliphatic rings. The van der Waals surface area contributed by atoms with E-state index in [4.69, 9.17) is 5.26 Å². The Balaban J connectivity index is 2.20. The quantitative estimate of drug-likeness (QED) is 0.863. The van der Waals surface area contributed by atoms with Gasteiger partial charge in [0.2, 0.25) is 0 Å². The number of aromatic nitrogens is 2. The van der Waals surface area contributed by atoms with Gasteiger partial charge in [-0.15, -0.1) is 0 Å². The molecule has 0 spiro atoms. The van der Waals surface area contributed by atoms with E-state index in [0.29, 0.717) is 0 Å². The van der Waals surface area contributed by atoms with Gasteiger partial charge in [-0.25, -0.2) is 19.2 Å². The van der Waals surface area contributed by atoms with E-state index in [1.165, 1.54) is 37.7 Å². The van der Waals surface area contributed by atoms with Gasteiger partial charge in [-0.1, -0.05) is 0 Å². The summed E-state index contributed by atoms with van der Waals surface area (Å²) in [5, 5.41) is 11.7. The average Bonchev–Trinajstić information content (AvgIpc) is 2.53. The van der Waals surface area contributed by atoms with Crippen LogP contribution in [0.5, 0.6) is 0 Å². The number of ether oxygens (including phenoxy) is 1. The number of methoxy groups -OCH3 is 1. The van der Waals surface area contributed by atoms with Gasteiger partial charge in [0.15, 0.2) is 11.5 Å². The highest BCUT2D eigenvalue weighted by Gasteiger charge is 2.11. The number of esters is 1. The number of hydrogen-bond donors (Lipinski definition) is 1. The molecule has 0 atom stereocenters. The summed E-state index contributed by atoms with van der Waals surface area (Å²) in [7, 11) is 1.25. The summed E-state index contributed by atoms with van der Waals surface area (Å²) in [4.78, 5) is 19.2. The van der Waals surface area contributed by atoms with Crippen LogP contribution in [-0.4, -0.2) is 23.0 Å². The molecule has 0 fully saturated rings. The maximum Gasteiger partial charge on any atom is 0.337 e. The minimum absolute atomic E-state index is 0.0596. The lowest BCUT2D eigenvalue weighted by atomic mass is 10.1. The number of rotatable bonds is 4. The van der Waals surface area contributed by atoms with Crippen molar-refractivity contribution in [2.45, 2.75) is 6.54 Å². The summed E-state index contributed by atoms with van der Waals surface area (Å²) in [6.07, 6.45) is 2.81. The second kappa shape index (κ2) is 6.43. The predicted octanol–water partition coefficient (Wildman–Crippen LogP) is 1.89. The average molecular weight is 286 g/mol. The molecule has 1 aromatic heterocycles. The first-order valence-corrected chi connectivity index (χ1v) is 5.97. The maximum absolute atomic E-state index is 13.7. The Kier molecular flexibility index (Phi) is 4.41. The van der Waals surface area contributed by atoms with Crippen molar-refractivity contribution < 1.29 is 13.9 Å². The minimum atomic E-state index is -0.548. The largest absolute Gasteiger partial charge is 0.465 e. The first kappa shape index (κ1) is 14.4. The van der Waals surface area contributed by atoms with Gasteiger partial charge < -0.3 is 10.1 Å². The molecule has 2 aromatic rings. The summed E-state index contributed by atoms with van der Waals surface area (Å²) >= 11 is 0. The van der Waals surface area contributed by atoms with Crippen molar-refractivity contribution in [3.8, 4) is 6.07 Å². The molecular weight excluding hydrogens is 275 g/mol. The molecule has 0 bridgehead atoms. The van der Waals surface area contributed by atoms with Gasteiger partial charge in [0.25, 0.3) is 0 Å². The van der Waals surface area contributed by atoms with E-state index in [-0.39, 0.29) is 29.2 Å². The van der Waals surface area contributed by atoms with E-state index in [1.54, 1.807) is 0 Å². The number of carbonyl (C=O) groups excluding carboxylic acids is 1. The van der Waals surface area contributed by atoms with Crippen molar-refractivity contribution in [1.29, 1.82) is 5.26 Å². The van der Waals surface area contributed by atoms with E-state index in [1.807, 2.05) is 6.07 Å². The second-order valence-electron chi connectivity index (χ2n) is 4.02. The van der Waals surface area contributed by atoms with Crippen molar-refractivity contribution in [1.82, 2.24) is 9.97 Å². The normalized spacial score (nSPS) is 9.76. The summed E-state index contributed by atoms with van der Waals surface area (Å²) in [6, 6.07) is 5.79. The predicted molar refractivity (Wildman–Crippen MR) is 71.8 cm³/mol. The molecule has 1 heterocycles. The Hall–Kier alpha value is -3.01. The summed E-state index contributed by atoms with van der Waals surface area (Å²) in [5.74, 6) is -0.770. The molecular formula is C14H11FN4O2. The number of halogens is 1. The Morgan fingerprint density at radius 1 is 1.43 bits per heavy atom. The van der Waals surface area contributed by atoms with Crippen LogP contribution in [0.3, 0.4) is 0 Å². The van der Waals surface area contributed by atoms with Crippen LogP contribution >= 0.6 is 0 Å². The van der Waals surface area contributed by atoms with Crippen molar-refractivity contribution in [3.63, 3.8) is 0 Å². The van der Waals surface area contributed by atoms with Crippen LogP contribution in [0.1, 0.15) is 21.6 Å². The lowest BCUT2D eigenvalue weighted by Crippen LogP contribution is -2.08. The molecule has 1 N–H and O–H groups in total. The van der Waals surface area contributed by atoms with Crippen LogP contribution in [0.15, 0.2) is 30.6 Å². The Morgan fingerprint density at radius 3 is 2.90 bits per heavy atom. The zero-order valence-electron chi connectivity index (χ0n) is 11.1. The van der Waals surface area contributed by atoms with Crippen molar-refractivity contribution in [2.75, 3.05) is 12.4 Å². The molecule has 6 nitrogen and oxygen atoms in total. The third-order valence-corrected chi connectivity index (χ3v) is 2.72. The molecule has 0 aliphatic carbocycles. The molecule has 106 valence electrons. The van der Waals surface area contributed by atoms with Crippen LogP contribution in [0.25, 0.3) is 0 Å². The highest BCUT2D eigenvalue weighted by Crippen LogP contribution is 2.14. The molecule has 21 heavy (non-hydrogen) atoms. The fourth-order valence-corrected chi connectivity index (χ4v) is 1.68. The molecule has 0 amide bonds. The summed E-state index contributed by atoms with van der Waals surface area (Å²) in [5.41, 5.74) is 0.616. The second-order valence-corrected chi connectivity index (χ2v) is 4.02. The highest BCUT2D eigenvalue weighted by molar-refractivity contribution is 5.89. The van der Waals surface area contributed by atoms with Gasteiger partial charge in [0, 0.05) is 24.5 Å². The molecule has 2 rings (SSSR count). The van der Waals surface area contributed by atoms with Gasteiger partial charge in [-0.3, -0.25) is 0 Å². The first-order valence-electron chi connectivity index (χ1n) is 5.97. The molecule has 1 aromatic carbocycles. The zero-order valence-corrected chi connectivity index (χ0v) is 11.1. The zero-order chi connectivity index (χ0) is 15.2. The fraction of sp³-hybridized carbons (Fsp3) is 0.143. The van der Waals surface area contributed by atoms with E-state index in [2.05, 4.69) is 20.0 Å². The number of anilines is 1. The number of benzene rings is 1. The third-order valence-electron chi connectivity index (χ3n) is 2.72. The number of nitrogens with one attached hydrogen (secondary N) is 1. The number of nitrogens with zero attached hydrogens (tertiary/aromatic N) is 3. The molecule has 0 aliphatic heterocycles. The monoisotopic (exact) mass is 286 g/mol. The van der Waals surface area contributed by atoms with E-state index >= 15 is 0 Å². The minimum Gasteiger partial charge on any atom is -0.465 e. The third kappa shape index (κ3) is 3.30. The Labute approximate surface area is 120 Å². The van der Waals surface area contributed by atoms with E-state index in [9.17, 15) is 9.18 Å². The topological polar surface area (TPSA) is 87.9 Å². The molecule has 0 unspecified atom stereocenters. The molecule has 0 saturated carbocycles. The van der Waals surface area contributed by atoms with Gasteiger partial charge in [-0.05, 0) is 18.2 Å². The van der Waals surface area contributed by atoms with Gasteiger partial charge >= 0.3 is 5.97 Å². The lowest BCUT2D eigenvalue weighted by Gasteiger charge is -2.08. The molecule has 0 saturated heterocycles. The van der Waals surface area contributed by atoms with Crippen LogP contribution < -0.4 is 5.32 Å². The maximum atomic E-state index is 13.7. The van der Waals surface area contributed by atoms with Crippen LogP contribution in [0.4, 0.5) is 10.2 Å². The van der Waals surface area contributed by atoms with Gasteiger partial charge in [0.05, 0.1) is 12.7 Å². The lowest BCUT2D eigenvalue weighted by molar-refractivity contribution is 0.0600. The SMILES string of the molecule is COC(=O)c1ccc(F)c(CNc2nccnc2C#N)c1. The van der Waals surface area contributed by atoms with Gasteiger partial charge in [0.1, 0.15) is 11.9 Å². The Bertz CT molecular complexity index is 712. The molecule has 0 radical (unpaired) electrons. The number of nitriles is 1. The fourth-order valence-electron chi connectivity index (χ4n) is 1.68. The van der Waals surface area contributed by atoms with Crippen LogP contribution in [0.2, 0.25) is 0 Å². The highest BCUT2D eigenvalue weighted by atomic mass is 19.1. The van der Waals surface area contributed by atoms with Gasteiger partial charge in [-0.2, -0.15) is 5.26 Å². The van der Waals surface area contributed by atoms with Crippen molar-refractivity contribution in [2.24, 2.45) is 0 Å². The van der Waals surface area contributed by atoms with E-state index < -0.39 is 11.8 Å². The Morgan fingerprint density at radius 2 is 2.19 bits per heavy atom. The number of carbonyl (C=O) groups is 1. The summed E-state index contributed by atoms with van der Waals surface area (Å²) in [6.45, 7) is 0.0596. The number of hydrogen-bond acceptors (Lipinski definition) is 6. The van der Waals surface area contributed by atoms with Crippen molar-refractivity contribution >= 4 is 11.8 Å². The molecule has 7 heteroatoms. The van der Waals surface area contributed by atoms with Crippen LogP contribution in [-0.2, 0) is 11.3 Å². The first-order chi connectivity index (χ1) is 10.2. The standard InChI is InChI=1S/C14H11FN4O2/c1-21-14(20)9-2-3-11(15)10(6-9)8-19-13-12(7-16)17-4-5-18-13/h2-6H,8H2,1H3,(H,18,19). The smallest absolute Gasteiger partial charge is 0.337 e.